The second-order valence-electron chi connectivity index (χ2n) is 9.56. The number of pyridine rings is 1. The number of amides is 1. The average molecular weight is 517 g/mol. The molecule has 0 aliphatic carbocycles. The topological polar surface area (TPSA) is 60.5 Å². The standard InChI is InChI=1S/C34H32N2O3/c1-23(37)36-21-27-9-5-7-11-31(27)34(32-22-35-20-26-8-4-6-10-30(26)32)33(24-12-16-28(38-2)17-13-24)25-14-18-29(39-3)19-15-25/h4-20,22,33-34H,21H2,1-3H3,(H,36,37)/t34-/m1/s1. The van der Waals surface area contributed by atoms with Crippen molar-refractivity contribution in [1.82, 2.24) is 10.3 Å². The second kappa shape index (κ2) is 11.8. The van der Waals surface area contributed by atoms with E-state index in [0.717, 1.165) is 50.1 Å². The van der Waals surface area contributed by atoms with Gasteiger partial charge in [-0.05, 0) is 57.5 Å². The predicted molar refractivity (Wildman–Crippen MR) is 155 cm³/mol. The molecule has 0 radical (unpaired) electrons. The number of carbonyl (C=O) groups excluding carboxylic acids is 1. The highest BCUT2D eigenvalue weighted by atomic mass is 16.5. The summed E-state index contributed by atoms with van der Waals surface area (Å²) in [5, 5.41) is 5.24. The number of rotatable bonds is 9. The molecule has 0 fully saturated rings. The van der Waals surface area contributed by atoms with E-state index in [1.54, 1.807) is 21.1 Å². The van der Waals surface area contributed by atoms with Crippen LogP contribution in [0, 0.1) is 0 Å². The number of methoxy groups -OCH3 is 2. The smallest absolute Gasteiger partial charge is 0.217 e. The van der Waals surface area contributed by atoms with Crippen molar-refractivity contribution in [2.75, 3.05) is 14.2 Å². The zero-order valence-electron chi connectivity index (χ0n) is 22.4. The lowest BCUT2D eigenvalue weighted by Crippen LogP contribution is -2.22. The van der Waals surface area contributed by atoms with Crippen molar-refractivity contribution in [2.45, 2.75) is 25.3 Å². The number of nitrogens with one attached hydrogen (secondary N) is 1. The summed E-state index contributed by atoms with van der Waals surface area (Å²) in [5.41, 5.74) is 5.63. The molecule has 1 N–H and O–H groups in total. The van der Waals surface area contributed by atoms with Gasteiger partial charge in [0.1, 0.15) is 11.5 Å². The van der Waals surface area contributed by atoms with Crippen molar-refractivity contribution in [3.8, 4) is 11.5 Å². The van der Waals surface area contributed by atoms with Gasteiger partial charge in [0, 0.05) is 43.1 Å². The fourth-order valence-electron chi connectivity index (χ4n) is 5.33. The van der Waals surface area contributed by atoms with Crippen molar-refractivity contribution in [3.05, 3.63) is 137 Å². The van der Waals surface area contributed by atoms with E-state index in [9.17, 15) is 4.79 Å². The number of carbonyl (C=O) groups is 1. The highest BCUT2D eigenvalue weighted by Gasteiger charge is 2.31. The van der Waals surface area contributed by atoms with E-state index in [-0.39, 0.29) is 17.7 Å². The number of benzene rings is 4. The number of hydrogen-bond donors (Lipinski definition) is 1. The SMILES string of the molecule is COc1ccc(C(c2ccc(OC)cc2)[C@H](c2ccccc2CNC(C)=O)c2cncc3ccccc23)cc1. The highest BCUT2D eigenvalue weighted by molar-refractivity contribution is 5.86. The van der Waals surface area contributed by atoms with E-state index in [1.165, 1.54) is 0 Å². The molecule has 1 atom stereocenters. The zero-order valence-corrected chi connectivity index (χ0v) is 22.4. The van der Waals surface area contributed by atoms with Crippen molar-refractivity contribution in [1.29, 1.82) is 0 Å². The molecule has 5 heteroatoms. The molecule has 0 unspecified atom stereocenters. The molecule has 0 saturated carbocycles. The maximum atomic E-state index is 11.9. The second-order valence-corrected chi connectivity index (χ2v) is 9.56. The van der Waals surface area contributed by atoms with E-state index in [4.69, 9.17) is 9.47 Å². The molecule has 39 heavy (non-hydrogen) atoms. The Morgan fingerprint density at radius 3 is 1.92 bits per heavy atom. The van der Waals surface area contributed by atoms with E-state index < -0.39 is 0 Å². The molecule has 0 aliphatic rings. The van der Waals surface area contributed by atoms with E-state index in [1.807, 2.05) is 48.8 Å². The molecule has 0 aliphatic heterocycles. The van der Waals surface area contributed by atoms with Crippen LogP contribution in [0.25, 0.3) is 10.8 Å². The minimum absolute atomic E-state index is 0.0601. The summed E-state index contributed by atoms with van der Waals surface area (Å²) < 4.78 is 11.0. The van der Waals surface area contributed by atoms with Crippen LogP contribution in [0.3, 0.4) is 0 Å². The molecule has 0 saturated heterocycles. The largest absolute Gasteiger partial charge is 0.497 e. The molecule has 5 aromatic rings. The van der Waals surface area contributed by atoms with Gasteiger partial charge in [0.15, 0.2) is 0 Å². The van der Waals surface area contributed by atoms with Gasteiger partial charge in [0.2, 0.25) is 5.91 Å². The fourth-order valence-corrected chi connectivity index (χ4v) is 5.33. The summed E-state index contributed by atoms with van der Waals surface area (Å²) in [7, 11) is 3.36. The monoisotopic (exact) mass is 516 g/mol. The summed E-state index contributed by atoms with van der Waals surface area (Å²) in [6.07, 6.45) is 3.90. The van der Waals surface area contributed by atoms with Crippen LogP contribution >= 0.6 is 0 Å². The number of aromatic nitrogens is 1. The Hall–Kier alpha value is -4.64. The van der Waals surface area contributed by atoms with Crippen molar-refractivity contribution >= 4 is 16.7 Å². The minimum Gasteiger partial charge on any atom is -0.497 e. The highest BCUT2D eigenvalue weighted by Crippen LogP contribution is 2.46. The number of ether oxygens (including phenoxy) is 2. The molecular formula is C34H32N2O3. The number of fused-ring (bicyclic) bond motifs is 1. The number of nitrogens with zero attached hydrogens (tertiary/aromatic N) is 1. The molecule has 5 rings (SSSR count). The van der Waals surface area contributed by atoms with E-state index >= 15 is 0 Å². The lowest BCUT2D eigenvalue weighted by Gasteiger charge is -2.31. The van der Waals surface area contributed by atoms with Gasteiger partial charge in [-0.25, -0.2) is 0 Å². The molecule has 0 spiro atoms. The van der Waals surface area contributed by atoms with E-state index in [0.29, 0.717) is 6.54 Å². The normalized spacial score (nSPS) is 11.8. The van der Waals surface area contributed by atoms with E-state index in [2.05, 4.69) is 71.0 Å². The van der Waals surface area contributed by atoms with Gasteiger partial charge in [-0.2, -0.15) is 0 Å². The van der Waals surface area contributed by atoms with Crippen LogP contribution in [-0.2, 0) is 11.3 Å². The Labute approximate surface area is 229 Å². The summed E-state index contributed by atoms with van der Waals surface area (Å²) in [6.45, 7) is 1.99. The molecule has 196 valence electrons. The van der Waals surface area contributed by atoms with Crippen LogP contribution in [0.15, 0.2) is 109 Å². The third-order valence-corrected chi connectivity index (χ3v) is 7.24. The summed E-state index contributed by atoms with van der Waals surface area (Å²) >= 11 is 0. The van der Waals surface area contributed by atoms with Crippen LogP contribution in [0.4, 0.5) is 0 Å². The summed E-state index contributed by atoms with van der Waals surface area (Å²) in [4.78, 5) is 16.6. The van der Waals surface area contributed by atoms with Crippen LogP contribution in [0.1, 0.15) is 46.6 Å². The van der Waals surface area contributed by atoms with Gasteiger partial charge in [-0.3, -0.25) is 9.78 Å². The minimum atomic E-state index is -0.102. The lowest BCUT2D eigenvalue weighted by atomic mass is 9.72. The van der Waals surface area contributed by atoms with Crippen LogP contribution in [0.5, 0.6) is 11.5 Å². The summed E-state index contributed by atoms with van der Waals surface area (Å²) in [5.74, 6) is 1.39. The Morgan fingerprint density at radius 2 is 1.31 bits per heavy atom. The molecular weight excluding hydrogens is 484 g/mol. The molecule has 1 amide bonds. The third kappa shape index (κ3) is 5.63. The van der Waals surface area contributed by atoms with Gasteiger partial charge in [-0.1, -0.05) is 72.8 Å². The van der Waals surface area contributed by atoms with Crippen molar-refractivity contribution in [3.63, 3.8) is 0 Å². The Bertz CT molecular complexity index is 1510. The van der Waals surface area contributed by atoms with Crippen LogP contribution in [-0.4, -0.2) is 25.1 Å². The van der Waals surface area contributed by atoms with Gasteiger partial charge in [-0.15, -0.1) is 0 Å². The van der Waals surface area contributed by atoms with Crippen LogP contribution in [0.2, 0.25) is 0 Å². The Kier molecular flexibility index (Phi) is 7.88. The first-order valence-electron chi connectivity index (χ1n) is 13.0. The maximum absolute atomic E-state index is 11.9. The van der Waals surface area contributed by atoms with Gasteiger partial charge < -0.3 is 14.8 Å². The molecule has 5 nitrogen and oxygen atoms in total. The van der Waals surface area contributed by atoms with Crippen molar-refractivity contribution in [2.24, 2.45) is 0 Å². The fraction of sp³-hybridized carbons (Fsp3) is 0.176. The first-order valence-corrected chi connectivity index (χ1v) is 13.0. The van der Waals surface area contributed by atoms with Crippen LogP contribution < -0.4 is 14.8 Å². The van der Waals surface area contributed by atoms with Gasteiger partial charge in [0.05, 0.1) is 14.2 Å². The van der Waals surface area contributed by atoms with Gasteiger partial charge in [0.25, 0.3) is 0 Å². The molecule has 4 aromatic carbocycles. The lowest BCUT2D eigenvalue weighted by molar-refractivity contribution is -0.119. The molecule has 1 heterocycles. The van der Waals surface area contributed by atoms with Gasteiger partial charge >= 0.3 is 0 Å². The Morgan fingerprint density at radius 1 is 0.718 bits per heavy atom. The third-order valence-electron chi connectivity index (χ3n) is 7.24. The average Bonchev–Trinajstić information content (AvgIpc) is 2.99. The van der Waals surface area contributed by atoms with Crippen molar-refractivity contribution < 1.29 is 14.3 Å². The Balaban J connectivity index is 1.79. The first kappa shape index (κ1) is 26.0. The quantitative estimate of drug-likeness (QED) is 0.233. The molecule has 1 aromatic heterocycles. The summed E-state index contributed by atoms with van der Waals surface area (Å²) in [6, 6.07) is 33.3. The first-order chi connectivity index (χ1) is 19.1. The zero-order chi connectivity index (χ0) is 27.2. The predicted octanol–water partition coefficient (Wildman–Crippen LogP) is 6.85. The number of hydrogen-bond acceptors (Lipinski definition) is 4. The molecule has 0 bridgehead atoms. The maximum Gasteiger partial charge on any atom is 0.217 e.